The Balaban J connectivity index is 1.60. The number of hydrogen-bond donors (Lipinski definition) is 3. The number of hydrogen-bond acceptors (Lipinski definition) is 15. The second kappa shape index (κ2) is 20.4. The summed E-state index contributed by atoms with van der Waals surface area (Å²) in [6.45, 7) is 13.7. The zero-order chi connectivity index (χ0) is 45.0. The van der Waals surface area contributed by atoms with Gasteiger partial charge in [0.15, 0.2) is 16.2 Å². The minimum Gasteiger partial charge on any atom is -0.448 e. The number of likely N-dealkylation sites (N-methyl/N-ethyl adjacent to an activating group) is 1. The number of carbonyl (C=O) groups excluding carboxylic acids is 3. The van der Waals surface area contributed by atoms with Crippen molar-refractivity contribution in [2.24, 2.45) is 39.7 Å². The van der Waals surface area contributed by atoms with Crippen molar-refractivity contribution < 1.29 is 48.4 Å². The maximum Gasteiger partial charge on any atom is 0.317 e. The molecular weight excluding hydrogens is 899 g/mol. The van der Waals surface area contributed by atoms with E-state index < -0.39 is 81.1 Å². The average molecular weight is 963 g/mol. The Kier molecular flexibility index (Phi) is 16.2. The number of anilines is 1. The third-order valence-electron chi connectivity index (χ3n) is 12.4. The van der Waals surface area contributed by atoms with Crippen molar-refractivity contribution in [1.82, 2.24) is 14.9 Å². The van der Waals surface area contributed by atoms with Crippen LogP contribution < -0.4 is 5.73 Å². The van der Waals surface area contributed by atoms with Crippen LogP contribution in [0.5, 0.6) is 0 Å². The second-order valence-electron chi connectivity index (χ2n) is 17.6. The SMILES string of the molecule is CC(=O)N=C1C(C)[C@H]2CC/C(=N\OCc3ccc(-c4cccc(N)n4)nc3)CO[C@](C)(C[C@H]1C)[C@H](O[C@@H]1O[C@H](C)C[C@H](N(C)C)[C@H]1O)[C@@H](C)C(=O)[C@@H](C)C(=O)O[C@H](I)[C@@]2(C)O. The molecule has 336 valence electrons. The normalized spacial score (nSPS) is 37.1. The Hall–Kier alpha value is -3.46. The molecule has 17 heteroatoms. The summed E-state index contributed by atoms with van der Waals surface area (Å²) in [4.78, 5) is 62.4. The van der Waals surface area contributed by atoms with Crippen molar-refractivity contribution in [3.8, 4) is 11.4 Å². The fourth-order valence-corrected chi connectivity index (χ4v) is 9.69. The topological polar surface area (TPSA) is 218 Å². The molecule has 3 aliphatic rings. The fraction of sp³-hybridized carbons (Fsp3) is 0.659. The molecule has 3 aliphatic heterocycles. The van der Waals surface area contributed by atoms with Crippen molar-refractivity contribution in [3.05, 3.63) is 42.1 Å². The van der Waals surface area contributed by atoms with E-state index in [1.165, 1.54) is 13.8 Å². The third-order valence-corrected chi connectivity index (χ3v) is 14.0. The number of nitrogen functional groups attached to an aromatic ring is 1. The van der Waals surface area contributed by atoms with Gasteiger partial charge in [-0.2, -0.15) is 0 Å². The molecule has 5 rings (SSSR count). The molecule has 16 nitrogen and oxygen atoms in total. The van der Waals surface area contributed by atoms with Gasteiger partial charge in [0, 0.05) is 42.3 Å². The van der Waals surface area contributed by atoms with Crippen LogP contribution in [0, 0.1) is 29.6 Å². The van der Waals surface area contributed by atoms with Gasteiger partial charge >= 0.3 is 5.97 Å². The molecule has 2 aromatic heterocycles. The number of fused-ring (bicyclic) bond motifs is 5. The number of cyclic esters (lactones) is 1. The van der Waals surface area contributed by atoms with Gasteiger partial charge in [0.25, 0.3) is 0 Å². The number of ether oxygens (including phenoxy) is 4. The summed E-state index contributed by atoms with van der Waals surface area (Å²) >= 11 is 1.90. The van der Waals surface area contributed by atoms with E-state index in [0.29, 0.717) is 41.5 Å². The predicted octanol–water partition coefficient (Wildman–Crippen LogP) is 5.15. The number of oxime groups is 1. The van der Waals surface area contributed by atoms with Crippen molar-refractivity contribution in [3.63, 3.8) is 0 Å². The quantitative estimate of drug-likeness (QED) is 0.108. The minimum atomic E-state index is -1.67. The van der Waals surface area contributed by atoms with Crippen LogP contribution in [0.25, 0.3) is 11.4 Å². The molecule has 1 amide bonds. The first-order valence-electron chi connectivity index (χ1n) is 21.0. The Morgan fingerprint density at radius 3 is 2.44 bits per heavy atom. The van der Waals surface area contributed by atoms with Gasteiger partial charge in [-0.1, -0.05) is 38.1 Å². The summed E-state index contributed by atoms with van der Waals surface area (Å²) < 4.78 is 24.8. The fourth-order valence-electron chi connectivity index (χ4n) is 8.98. The highest BCUT2D eigenvalue weighted by molar-refractivity contribution is 14.1. The second-order valence-corrected chi connectivity index (χ2v) is 18.8. The van der Waals surface area contributed by atoms with E-state index in [0.717, 1.165) is 5.56 Å². The predicted molar refractivity (Wildman–Crippen MR) is 237 cm³/mol. The van der Waals surface area contributed by atoms with Gasteiger partial charge in [0.1, 0.15) is 30.0 Å². The summed E-state index contributed by atoms with van der Waals surface area (Å²) in [6.07, 6.45) is -0.705. The minimum absolute atomic E-state index is 0.0749. The maximum absolute atomic E-state index is 14.5. The summed E-state index contributed by atoms with van der Waals surface area (Å²) in [5.74, 6) is -5.18. The molecule has 13 atom stereocenters. The van der Waals surface area contributed by atoms with Crippen LogP contribution in [-0.2, 0) is 44.8 Å². The standard InChI is InChI=1S/C44H63IN6O10/c1-23-19-43(7)39(60-41-38(54)34(51(9)10)18-24(2)59-41)26(4)37(53)27(5)40(55)61-42(45)44(8,56)31(25(3)36(23)48-28(6)52)16-15-30(22-57-43)50-58-21-29-14-17-32(47-20-29)33-12-11-13-35(46)49-33/h11-14,17,20,23-27,31,34,38-39,41-42,54,56H,15-16,18-19,21-22H2,1-10H3,(H2,46,49)/b48-36?,50-30+/t23-,24-,25?,26+,27-,31-,34+,38-,39-,41+,42+,43-,44+/m1/s1. The molecule has 4 N–H and O–H groups in total. The van der Waals surface area contributed by atoms with E-state index >= 15 is 0 Å². The molecule has 0 saturated carbocycles. The summed E-state index contributed by atoms with van der Waals surface area (Å²) in [5, 5.41) is 28.6. The number of alkyl halides is 1. The molecule has 0 aromatic carbocycles. The number of aromatic nitrogens is 2. The molecule has 2 bridgehead atoms. The average Bonchev–Trinajstić information content (AvgIpc) is 3.21. The van der Waals surface area contributed by atoms with Crippen LogP contribution in [0.2, 0.25) is 0 Å². The number of rotatable bonds is 7. The number of Topliss-reactive ketones (excluding diaryl/α,β-unsaturated/α-hetero) is 1. The number of amides is 1. The number of aliphatic hydroxyl groups excluding tert-OH is 1. The van der Waals surface area contributed by atoms with E-state index in [1.54, 1.807) is 26.1 Å². The first-order chi connectivity index (χ1) is 28.6. The Labute approximate surface area is 372 Å². The van der Waals surface area contributed by atoms with Crippen molar-refractivity contribution >= 4 is 57.5 Å². The zero-order valence-corrected chi connectivity index (χ0v) is 39.1. The van der Waals surface area contributed by atoms with Crippen LogP contribution in [0.1, 0.15) is 86.6 Å². The number of aliphatic hydroxyl groups is 2. The number of aliphatic imine (C=N–C) groups is 1. The Bertz CT molecular complexity index is 1930. The van der Waals surface area contributed by atoms with E-state index in [9.17, 15) is 24.6 Å². The number of nitrogens with zero attached hydrogens (tertiary/aromatic N) is 5. The highest BCUT2D eigenvalue weighted by Gasteiger charge is 2.52. The van der Waals surface area contributed by atoms with Crippen LogP contribution in [0.3, 0.4) is 0 Å². The Morgan fingerprint density at radius 1 is 1.08 bits per heavy atom. The van der Waals surface area contributed by atoms with Gasteiger partial charge < -0.3 is 44.6 Å². The highest BCUT2D eigenvalue weighted by Crippen LogP contribution is 2.43. The van der Waals surface area contributed by atoms with Gasteiger partial charge in [0.2, 0.25) is 5.91 Å². The highest BCUT2D eigenvalue weighted by atomic mass is 127. The first kappa shape index (κ1) is 48.6. The van der Waals surface area contributed by atoms with E-state index in [2.05, 4.69) is 20.1 Å². The van der Waals surface area contributed by atoms with Crippen molar-refractivity contribution in [1.29, 1.82) is 0 Å². The number of esters is 1. The molecule has 1 unspecified atom stereocenters. The number of ketones is 1. The lowest BCUT2D eigenvalue weighted by atomic mass is 9.70. The number of carbonyl (C=O) groups is 3. The van der Waals surface area contributed by atoms with E-state index in [4.69, 9.17) is 29.5 Å². The molecule has 5 heterocycles. The van der Waals surface area contributed by atoms with Crippen LogP contribution in [0.15, 0.2) is 46.7 Å². The van der Waals surface area contributed by atoms with Gasteiger partial charge in [0.05, 0.1) is 41.5 Å². The van der Waals surface area contributed by atoms with Gasteiger partial charge in [-0.3, -0.25) is 19.4 Å². The lowest BCUT2D eigenvalue weighted by molar-refractivity contribution is -0.296. The molecule has 0 spiro atoms. The van der Waals surface area contributed by atoms with Crippen molar-refractivity contribution in [2.45, 2.75) is 134 Å². The molecule has 61 heavy (non-hydrogen) atoms. The molecule has 3 fully saturated rings. The smallest absolute Gasteiger partial charge is 0.317 e. The summed E-state index contributed by atoms with van der Waals surface area (Å²) in [6, 6.07) is 8.70. The zero-order valence-electron chi connectivity index (χ0n) is 36.9. The summed E-state index contributed by atoms with van der Waals surface area (Å²) in [7, 11) is 3.74. The number of pyridine rings is 2. The molecule has 2 aromatic rings. The lowest BCUT2D eigenvalue weighted by Crippen LogP contribution is -2.59. The third kappa shape index (κ3) is 11.6. The molecular formula is C44H63IN6O10. The first-order valence-corrected chi connectivity index (χ1v) is 22.2. The van der Waals surface area contributed by atoms with Crippen LogP contribution in [0.4, 0.5) is 5.82 Å². The van der Waals surface area contributed by atoms with E-state index in [-0.39, 0.29) is 38.2 Å². The van der Waals surface area contributed by atoms with Gasteiger partial charge in [-0.25, -0.2) is 9.98 Å². The largest absolute Gasteiger partial charge is 0.448 e. The number of halogens is 1. The van der Waals surface area contributed by atoms with Gasteiger partial charge in [-0.15, -0.1) is 0 Å². The monoisotopic (exact) mass is 962 g/mol. The number of nitrogens with two attached hydrogens (primary N) is 1. The molecule has 0 aliphatic carbocycles. The Morgan fingerprint density at radius 2 is 1.80 bits per heavy atom. The molecule has 0 radical (unpaired) electrons. The molecule has 3 saturated heterocycles. The van der Waals surface area contributed by atoms with Crippen molar-refractivity contribution in [2.75, 3.05) is 26.4 Å². The van der Waals surface area contributed by atoms with Crippen LogP contribution in [-0.4, -0.2) is 121 Å². The lowest BCUT2D eigenvalue weighted by Gasteiger charge is -2.47. The summed E-state index contributed by atoms with van der Waals surface area (Å²) in [5.41, 5.74) is 5.88. The maximum atomic E-state index is 14.5. The van der Waals surface area contributed by atoms with Gasteiger partial charge in [-0.05, 0) is 120 Å². The van der Waals surface area contributed by atoms with E-state index in [1.807, 2.05) is 93.5 Å². The van der Waals surface area contributed by atoms with Crippen LogP contribution >= 0.6 is 22.6 Å².